The highest BCUT2D eigenvalue weighted by Gasteiger charge is 2.27. The number of hydrogen-bond acceptors (Lipinski definition) is 0. The van der Waals surface area contributed by atoms with Crippen LogP contribution in [0.4, 0.5) is 0 Å². The molecule has 0 spiro atoms. The monoisotopic (exact) mass is 552 g/mol. The number of fused-ring (bicyclic) bond motifs is 1. The highest BCUT2D eigenvalue weighted by atomic mass is 14.3. The van der Waals surface area contributed by atoms with E-state index in [4.69, 9.17) is 0 Å². The van der Waals surface area contributed by atoms with Crippen LogP contribution in [0.5, 0.6) is 0 Å². The second kappa shape index (κ2) is 13.3. The van der Waals surface area contributed by atoms with Gasteiger partial charge in [-0.05, 0) is 113 Å². The van der Waals surface area contributed by atoms with Crippen LogP contribution in [0, 0.1) is 5.92 Å². The number of benzene rings is 3. The van der Waals surface area contributed by atoms with Gasteiger partial charge in [-0.2, -0.15) is 0 Å². The first-order valence-corrected chi connectivity index (χ1v) is 16.6. The number of hydrogen-bond donors (Lipinski definition) is 0. The van der Waals surface area contributed by atoms with Crippen LogP contribution in [0.15, 0.2) is 102 Å². The summed E-state index contributed by atoms with van der Waals surface area (Å²) in [4.78, 5) is 0. The van der Waals surface area contributed by atoms with Gasteiger partial charge in [0.1, 0.15) is 0 Å². The molecule has 0 amide bonds. The second-order valence-electron chi connectivity index (χ2n) is 13.1. The molecule has 0 bridgehead atoms. The van der Waals surface area contributed by atoms with E-state index < -0.39 is 0 Å². The molecule has 3 aromatic rings. The Morgan fingerprint density at radius 1 is 0.833 bits per heavy atom. The summed E-state index contributed by atoms with van der Waals surface area (Å²) >= 11 is 0. The van der Waals surface area contributed by atoms with Crippen molar-refractivity contribution in [3.8, 4) is 0 Å². The van der Waals surface area contributed by atoms with E-state index in [1.54, 1.807) is 0 Å². The van der Waals surface area contributed by atoms with E-state index in [9.17, 15) is 0 Å². The quantitative estimate of drug-likeness (QED) is 0.222. The van der Waals surface area contributed by atoms with Crippen LogP contribution < -0.4 is 0 Å². The maximum Gasteiger partial charge on any atom is 0.00988 e. The molecular weight excluding hydrogens is 504 g/mol. The minimum Gasteiger partial charge on any atom is -0.0949 e. The molecule has 0 heteroatoms. The van der Waals surface area contributed by atoms with Crippen LogP contribution in [0.3, 0.4) is 0 Å². The molecule has 0 radical (unpaired) electrons. The molecule has 1 unspecified atom stereocenters. The molecule has 216 valence electrons. The van der Waals surface area contributed by atoms with Crippen molar-refractivity contribution in [1.82, 2.24) is 0 Å². The van der Waals surface area contributed by atoms with Crippen LogP contribution in [0.2, 0.25) is 0 Å². The lowest BCUT2D eigenvalue weighted by atomic mass is 9.85. The van der Waals surface area contributed by atoms with E-state index in [0.29, 0.717) is 5.92 Å². The third kappa shape index (κ3) is 6.64. The lowest BCUT2D eigenvalue weighted by Gasteiger charge is -2.21. The fraction of sp³-hybridized carbons (Fsp3) is 0.381. The highest BCUT2D eigenvalue weighted by Crippen LogP contribution is 2.45. The first-order valence-electron chi connectivity index (χ1n) is 16.6. The molecule has 0 heterocycles. The summed E-state index contributed by atoms with van der Waals surface area (Å²) in [5.74, 6) is 1.49. The third-order valence-electron chi connectivity index (χ3n) is 10.1. The fourth-order valence-corrected chi connectivity index (χ4v) is 7.69. The number of rotatable bonds is 11. The van der Waals surface area contributed by atoms with Crippen LogP contribution in [-0.4, -0.2) is 0 Å². The molecule has 1 atom stereocenters. The Balaban J connectivity index is 1.06. The van der Waals surface area contributed by atoms with Gasteiger partial charge in [0.25, 0.3) is 0 Å². The number of allylic oxidation sites excluding steroid dienone is 6. The SMILES string of the molecule is C=C(Cc1cccc(Cc2ccc3c(c2)C(CC)C(C2=CCC=C2C)=C3)c1)c1ccc(CCCC2CCCCC2)cc1. The Labute approximate surface area is 255 Å². The average molecular weight is 553 g/mol. The first-order chi connectivity index (χ1) is 20.6. The molecular formula is C42H48. The molecule has 1 saturated carbocycles. The Bertz CT molecular complexity index is 1500. The van der Waals surface area contributed by atoms with Crippen molar-refractivity contribution >= 4 is 11.6 Å². The molecule has 3 aliphatic rings. The molecule has 0 saturated heterocycles. The maximum atomic E-state index is 4.47. The Kier molecular flexibility index (Phi) is 9.09. The van der Waals surface area contributed by atoms with E-state index in [-0.39, 0.29) is 0 Å². The summed E-state index contributed by atoms with van der Waals surface area (Å²) in [6.07, 6.45) is 22.5. The molecule has 3 aromatic carbocycles. The summed E-state index contributed by atoms with van der Waals surface area (Å²) in [6.45, 7) is 9.07. The second-order valence-corrected chi connectivity index (χ2v) is 13.1. The highest BCUT2D eigenvalue weighted by molar-refractivity contribution is 5.74. The van der Waals surface area contributed by atoms with Gasteiger partial charge in [0.2, 0.25) is 0 Å². The molecule has 6 rings (SSSR count). The van der Waals surface area contributed by atoms with Gasteiger partial charge in [0.15, 0.2) is 0 Å². The summed E-state index contributed by atoms with van der Waals surface area (Å²) in [5.41, 5.74) is 15.4. The molecule has 3 aliphatic carbocycles. The van der Waals surface area contributed by atoms with Crippen molar-refractivity contribution in [2.45, 2.75) is 96.8 Å². The van der Waals surface area contributed by atoms with E-state index in [2.05, 4.69) is 105 Å². The number of aryl methyl sites for hydroxylation is 1. The summed E-state index contributed by atoms with van der Waals surface area (Å²) in [7, 11) is 0. The van der Waals surface area contributed by atoms with E-state index >= 15 is 0 Å². The zero-order valence-electron chi connectivity index (χ0n) is 25.9. The molecule has 0 aromatic heterocycles. The van der Waals surface area contributed by atoms with E-state index in [0.717, 1.165) is 31.6 Å². The van der Waals surface area contributed by atoms with Crippen LogP contribution in [0.25, 0.3) is 11.6 Å². The van der Waals surface area contributed by atoms with Crippen molar-refractivity contribution in [1.29, 1.82) is 0 Å². The van der Waals surface area contributed by atoms with Gasteiger partial charge in [-0.1, -0.05) is 137 Å². The minimum absolute atomic E-state index is 0.505. The van der Waals surface area contributed by atoms with Crippen LogP contribution >= 0.6 is 0 Å². The van der Waals surface area contributed by atoms with E-state index in [1.807, 2.05) is 0 Å². The average Bonchev–Trinajstić information content (AvgIpc) is 3.60. The zero-order valence-corrected chi connectivity index (χ0v) is 25.9. The van der Waals surface area contributed by atoms with Gasteiger partial charge in [0.05, 0.1) is 0 Å². The summed E-state index contributed by atoms with van der Waals surface area (Å²) in [6, 6.07) is 25.5. The van der Waals surface area contributed by atoms with Gasteiger partial charge in [-0.25, -0.2) is 0 Å². The largest absolute Gasteiger partial charge is 0.0949 e. The van der Waals surface area contributed by atoms with Crippen molar-refractivity contribution < 1.29 is 0 Å². The van der Waals surface area contributed by atoms with Gasteiger partial charge >= 0.3 is 0 Å². The Morgan fingerprint density at radius 2 is 1.60 bits per heavy atom. The lowest BCUT2D eigenvalue weighted by molar-refractivity contribution is 0.332. The smallest absolute Gasteiger partial charge is 0.00988 e. The fourth-order valence-electron chi connectivity index (χ4n) is 7.69. The molecule has 42 heavy (non-hydrogen) atoms. The van der Waals surface area contributed by atoms with Crippen molar-refractivity contribution in [2.75, 3.05) is 0 Å². The Hall–Kier alpha value is -3.38. The van der Waals surface area contributed by atoms with Gasteiger partial charge in [-0.3, -0.25) is 0 Å². The summed E-state index contributed by atoms with van der Waals surface area (Å²) in [5, 5.41) is 0. The maximum absolute atomic E-state index is 4.47. The zero-order chi connectivity index (χ0) is 28.9. The molecule has 1 fully saturated rings. The third-order valence-corrected chi connectivity index (χ3v) is 10.1. The van der Waals surface area contributed by atoms with Gasteiger partial charge in [-0.15, -0.1) is 0 Å². The molecule has 0 N–H and O–H groups in total. The standard InChI is InChI=1S/C42H48/c1-4-39-41-28-36(21-24-38(41)29-42(39)40-18-8-11-30(40)2)27-35-17-10-16-34(26-35)25-31(3)37-22-19-33(20-23-37)15-9-14-32-12-6-5-7-13-32/h10-11,16-24,26,28-29,32,39H,3-9,12-15,25,27H2,1-2H3. The van der Waals surface area contributed by atoms with Gasteiger partial charge < -0.3 is 0 Å². The minimum atomic E-state index is 0.505. The van der Waals surface area contributed by atoms with Crippen LogP contribution in [-0.2, 0) is 19.3 Å². The first kappa shape index (κ1) is 28.7. The van der Waals surface area contributed by atoms with Crippen molar-refractivity contribution in [3.05, 3.63) is 141 Å². The molecule has 0 nitrogen and oxygen atoms in total. The topological polar surface area (TPSA) is 0 Å². The van der Waals surface area contributed by atoms with Crippen molar-refractivity contribution in [3.63, 3.8) is 0 Å². The normalized spacial score (nSPS) is 18.4. The van der Waals surface area contributed by atoms with E-state index in [1.165, 1.54) is 113 Å². The van der Waals surface area contributed by atoms with Crippen molar-refractivity contribution in [2.24, 2.45) is 5.92 Å². The van der Waals surface area contributed by atoms with Crippen LogP contribution in [0.1, 0.15) is 116 Å². The van der Waals surface area contributed by atoms with Gasteiger partial charge in [0, 0.05) is 5.92 Å². The predicted molar refractivity (Wildman–Crippen MR) is 182 cm³/mol. The Morgan fingerprint density at radius 3 is 2.36 bits per heavy atom. The summed E-state index contributed by atoms with van der Waals surface area (Å²) < 4.78 is 0. The predicted octanol–water partition coefficient (Wildman–Crippen LogP) is 11.6. The molecule has 0 aliphatic heterocycles. The lowest BCUT2D eigenvalue weighted by Crippen LogP contribution is -2.06.